The Bertz CT molecular complexity index is 1460. The van der Waals surface area contributed by atoms with Crippen LogP contribution in [0.2, 0.25) is 0 Å². The summed E-state index contributed by atoms with van der Waals surface area (Å²) >= 11 is 0. The van der Waals surface area contributed by atoms with Crippen LogP contribution in [-0.2, 0) is 72.2 Å². The molecule has 0 bridgehead atoms. The van der Waals surface area contributed by atoms with Gasteiger partial charge in [-0.1, -0.05) is 0 Å². The molecule has 3 aliphatic heterocycles. The van der Waals surface area contributed by atoms with E-state index in [0.717, 1.165) is 6.92 Å². The molecule has 0 aromatic rings. The molecule has 0 saturated carbocycles. The predicted octanol–water partition coefficient (Wildman–Crippen LogP) is -5.28. The second-order valence-electron chi connectivity index (χ2n) is 10.6. The van der Waals surface area contributed by atoms with Gasteiger partial charge < -0.3 is 54.3 Å². The Hall–Kier alpha value is -1.74. The first kappa shape index (κ1) is 40.7. The molecule has 6 unspecified atom stereocenters. The zero-order valence-corrected chi connectivity index (χ0v) is 26.7. The number of hydrogen-bond acceptors (Lipinski definition) is 20. The molecular formula is C21H34O24S3. The van der Waals surface area contributed by atoms with Crippen LogP contribution in [0.1, 0.15) is 6.92 Å². The van der Waals surface area contributed by atoms with Gasteiger partial charge in [-0.2, -0.15) is 25.3 Å². The van der Waals surface area contributed by atoms with Gasteiger partial charge >= 0.3 is 37.2 Å². The summed E-state index contributed by atoms with van der Waals surface area (Å²) in [4.78, 5) is 11.3. The molecule has 0 aromatic carbocycles. The second-order valence-corrected chi connectivity index (χ2v) is 13.8. The Labute approximate surface area is 272 Å². The van der Waals surface area contributed by atoms with E-state index < -0.39 is 149 Å². The van der Waals surface area contributed by atoms with E-state index in [-0.39, 0.29) is 0 Å². The average Bonchev–Trinajstić information content (AvgIpc) is 2.93. The SMILES string of the molecule is CC1O[C@@H](COCC2[C@H](O)C(COS(=O)(=O)O)OC(O)[C@@H]2CO[C@@H]2OC(C(=O)O)=CC(O)[C@@H]2O)[C@H](OS(=O)(=O)O)C(O)[C@@H]1OS(=O)(=O)O. The largest absolute Gasteiger partial charge is 0.475 e. The molecule has 0 aromatic heterocycles. The number of aliphatic hydroxyl groups excluding tert-OH is 5. The van der Waals surface area contributed by atoms with Crippen molar-refractivity contribution in [2.24, 2.45) is 11.8 Å². The second kappa shape index (κ2) is 16.1. The van der Waals surface area contributed by atoms with Crippen molar-refractivity contribution in [3.63, 3.8) is 0 Å². The van der Waals surface area contributed by atoms with E-state index in [1.807, 2.05) is 0 Å². The molecule has 280 valence electrons. The van der Waals surface area contributed by atoms with Crippen LogP contribution in [0, 0.1) is 11.8 Å². The van der Waals surface area contributed by atoms with E-state index in [9.17, 15) is 60.1 Å². The molecule has 2 fully saturated rings. The molecule has 0 aliphatic carbocycles. The third-order valence-electron chi connectivity index (χ3n) is 7.24. The van der Waals surface area contributed by atoms with E-state index in [1.165, 1.54) is 0 Å². The Balaban J connectivity index is 1.80. The van der Waals surface area contributed by atoms with Crippen LogP contribution in [-0.4, -0.2) is 169 Å². The molecule has 0 radical (unpaired) electrons. The number of rotatable bonds is 15. The Morgan fingerprint density at radius 3 is 1.92 bits per heavy atom. The molecule has 3 heterocycles. The third-order valence-corrected chi connectivity index (χ3v) is 8.60. The number of hydrogen-bond donors (Lipinski definition) is 9. The third kappa shape index (κ3) is 11.4. The zero-order valence-electron chi connectivity index (χ0n) is 24.3. The van der Waals surface area contributed by atoms with Gasteiger partial charge in [-0.05, 0) is 13.0 Å². The first-order valence-electron chi connectivity index (χ1n) is 13.4. The summed E-state index contributed by atoms with van der Waals surface area (Å²) in [5.41, 5.74) is 0. The summed E-state index contributed by atoms with van der Waals surface area (Å²) in [7, 11) is -15.6. The summed E-state index contributed by atoms with van der Waals surface area (Å²) in [6.45, 7) is -2.10. The molecular weight excluding hydrogens is 732 g/mol. The fraction of sp³-hybridized carbons (Fsp3) is 0.857. The highest BCUT2D eigenvalue weighted by Crippen LogP contribution is 2.34. The molecule has 0 amide bonds. The standard InChI is InChI=1S/C21H34O24S3/c1-7-17(44-47(32,33)34)16(25)18(45-48(35,36)37)13(41-7)5-38-3-8-9(20(28)42-12(14(8)23)6-40-46(29,30)31)4-39-21-15(24)10(22)2-11(43-21)19(26)27/h2,7-10,12-18,20-25,28H,3-6H2,1H3,(H,26,27)(H,29,30,31)(H,32,33,34)(H,35,36,37)/t7?,8?,9-,10?,12?,13+,14+,15+,16?,17-,18+,20?,21-/m1/s1. The summed E-state index contributed by atoms with van der Waals surface area (Å²) in [5.74, 6) is -5.21. The fourth-order valence-electron chi connectivity index (χ4n) is 5.03. The highest BCUT2D eigenvalue weighted by Gasteiger charge is 2.50. The Morgan fingerprint density at radius 2 is 1.35 bits per heavy atom. The maximum Gasteiger partial charge on any atom is 0.397 e. The first-order valence-corrected chi connectivity index (χ1v) is 17.5. The van der Waals surface area contributed by atoms with Crippen LogP contribution in [0.3, 0.4) is 0 Å². The number of ether oxygens (including phenoxy) is 5. The van der Waals surface area contributed by atoms with Crippen molar-refractivity contribution in [2.45, 2.75) is 74.4 Å². The minimum absolute atomic E-state index is 0.687. The van der Waals surface area contributed by atoms with E-state index in [2.05, 4.69) is 12.5 Å². The minimum atomic E-state index is -5.35. The first-order chi connectivity index (χ1) is 22.0. The zero-order chi connectivity index (χ0) is 36.4. The van der Waals surface area contributed by atoms with Gasteiger partial charge in [0, 0.05) is 11.8 Å². The number of aliphatic carboxylic acids is 1. The van der Waals surface area contributed by atoms with Crippen molar-refractivity contribution in [3.8, 4) is 0 Å². The molecule has 27 heteroatoms. The van der Waals surface area contributed by atoms with Crippen LogP contribution in [0.5, 0.6) is 0 Å². The molecule has 3 aliphatic rings. The lowest BCUT2D eigenvalue weighted by Crippen LogP contribution is -2.60. The van der Waals surface area contributed by atoms with Crippen molar-refractivity contribution in [1.29, 1.82) is 0 Å². The summed E-state index contributed by atoms with van der Waals surface area (Å²) in [6.07, 6.45) is -19.5. The van der Waals surface area contributed by atoms with Crippen LogP contribution >= 0.6 is 0 Å². The monoisotopic (exact) mass is 766 g/mol. The highest BCUT2D eigenvalue weighted by atomic mass is 32.3. The Morgan fingerprint density at radius 1 is 0.750 bits per heavy atom. The lowest BCUT2D eigenvalue weighted by Gasteiger charge is -2.44. The summed E-state index contributed by atoms with van der Waals surface area (Å²) in [6, 6.07) is 0. The van der Waals surface area contributed by atoms with Gasteiger partial charge in [0.2, 0.25) is 12.0 Å². The van der Waals surface area contributed by atoms with Crippen LogP contribution < -0.4 is 0 Å². The van der Waals surface area contributed by atoms with E-state index in [1.54, 1.807) is 0 Å². The summed E-state index contributed by atoms with van der Waals surface area (Å²) < 4.78 is 134. The van der Waals surface area contributed by atoms with Crippen molar-refractivity contribution < 1.29 is 111 Å². The molecule has 2 saturated heterocycles. The lowest BCUT2D eigenvalue weighted by atomic mass is 9.83. The number of aliphatic hydroxyl groups is 5. The maximum atomic E-state index is 11.5. The van der Waals surface area contributed by atoms with E-state index in [0.29, 0.717) is 6.08 Å². The van der Waals surface area contributed by atoms with Crippen molar-refractivity contribution >= 4 is 37.2 Å². The molecule has 24 nitrogen and oxygen atoms in total. The molecule has 0 spiro atoms. The van der Waals surface area contributed by atoms with Crippen molar-refractivity contribution in [2.75, 3.05) is 26.4 Å². The van der Waals surface area contributed by atoms with Gasteiger partial charge in [-0.3, -0.25) is 13.7 Å². The summed E-state index contributed by atoms with van der Waals surface area (Å²) in [5, 5.41) is 61.6. The van der Waals surface area contributed by atoms with Crippen LogP contribution in [0.4, 0.5) is 0 Å². The lowest BCUT2D eigenvalue weighted by molar-refractivity contribution is -0.284. The smallest absolute Gasteiger partial charge is 0.397 e. The Kier molecular flexibility index (Phi) is 13.6. The van der Waals surface area contributed by atoms with E-state index >= 15 is 0 Å². The van der Waals surface area contributed by atoms with Crippen molar-refractivity contribution in [1.82, 2.24) is 0 Å². The predicted molar refractivity (Wildman–Crippen MR) is 144 cm³/mol. The number of carboxylic acid groups (broad SMARTS) is 1. The molecule has 13 atom stereocenters. The van der Waals surface area contributed by atoms with Crippen LogP contribution in [0.25, 0.3) is 0 Å². The van der Waals surface area contributed by atoms with Gasteiger partial charge in [0.15, 0.2) is 6.29 Å². The fourth-order valence-corrected chi connectivity index (χ4v) is 6.41. The minimum Gasteiger partial charge on any atom is -0.475 e. The molecule has 48 heavy (non-hydrogen) atoms. The van der Waals surface area contributed by atoms with Gasteiger partial charge in [0.1, 0.15) is 42.7 Å². The maximum absolute atomic E-state index is 11.5. The number of carboxylic acids is 1. The number of carbonyl (C=O) groups is 1. The highest BCUT2D eigenvalue weighted by molar-refractivity contribution is 7.81. The van der Waals surface area contributed by atoms with Crippen molar-refractivity contribution in [3.05, 3.63) is 11.8 Å². The van der Waals surface area contributed by atoms with Gasteiger partial charge in [-0.25, -0.2) is 17.3 Å². The quantitative estimate of drug-likeness (QED) is 0.0703. The average molecular weight is 767 g/mol. The van der Waals surface area contributed by atoms with Gasteiger partial charge in [0.05, 0.1) is 38.6 Å². The van der Waals surface area contributed by atoms with E-state index in [4.69, 9.17) is 37.9 Å². The van der Waals surface area contributed by atoms with Gasteiger partial charge in [0.25, 0.3) is 0 Å². The molecule has 9 N–H and O–H groups in total. The normalized spacial score (nSPS) is 38.2. The van der Waals surface area contributed by atoms with Gasteiger partial charge in [-0.15, -0.1) is 0 Å². The molecule has 3 rings (SSSR count). The van der Waals surface area contributed by atoms with Crippen LogP contribution in [0.15, 0.2) is 11.8 Å². The topological polar surface area (TPSA) is 375 Å².